The normalized spacial score (nSPS) is 9.75. The second-order valence-corrected chi connectivity index (χ2v) is 4.31. The van der Waals surface area contributed by atoms with Crippen LogP contribution in [0, 0.1) is 0 Å². The van der Waals surface area contributed by atoms with Crippen LogP contribution in [0.3, 0.4) is 0 Å². The van der Waals surface area contributed by atoms with E-state index in [0.29, 0.717) is 30.1 Å². The van der Waals surface area contributed by atoms with Crippen molar-refractivity contribution in [3.8, 4) is 5.75 Å². The van der Waals surface area contributed by atoms with Gasteiger partial charge in [-0.15, -0.1) is 0 Å². The fourth-order valence-corrected chi connectivity index (χ4v) is 1.55. The van der Waals surface area contributed by atoms with Gasteiger partial charge in [0.05, 0.1) is 7.11 Å². The van der Waals surface area contributed by atoms with Gasteiger partial charge in [-0.1, -0.05) is 6.07 Å². The minimum Gasteiger partial charge on any atom is -0.496 e. The maximum Gasteiger partial charge on any atom is 0.316 e. The average Bonchev–Trinajstić information content (AvgIpc) is 2.42. The zero-order chi connectivity index (χ0) is 15.1. The van der Waals surface area contributed by atoms with Crippen LogP contribution in [0.2, 0.25) is 0 Å². The third-order valence-electron chi connectivity index (χ3n) is 2.60. The fourth-order valence-electron chi connectivity index (χ4n) is 1.55. The van der Waals surface area contributed by atoms with Crippen molar-refractivity contribution in [1.29, 1.82) is 0 Å². The summed E-state index contributed by atoms with van der Waals surface area (Å²) in [5, 5.41) is 5.32. The van der Waals surface area contributed by atoms with Crippen molar-refractivity contribution in [2.24, 2.45) is 0 Å². The molecule has 20 heavy (non-hydrogen) atoms. The number of nitrogen functional groups attached to an aromatic ring is 1. The van der Waals surface area contributed by atoms with Crippen LogP contribution in [0.1, 0.15) is 10.4 Å². The predicted octanol–water partition coefficient (Wildman–Crippen LogP) is 0.278. The highest BCUT2D eigenvalue weighted by Gasteiger charge is 2.15. The highest BCUT2D eigenvalue weighted by atomic mass is 16.5. The standard InChI is InChI=1S/C13H20N4O3/c1-17(2)13(19)16-8-7-15-12(18)11-9(14)5-4-6-10(11)20-3/h4-6H,7-8,14H2,1-3H3,(H,15,18)(H,16,19). The summed E-state index contributed by atoms with van der Waals surface area (Å²) < 4.78 is 5.11. The smallest absolute Gasteiger partial charge is 0.316 e. The number of rotatable bonds is 5. The van der Waals surface area contributed by atoms with Gasteiger partial charge in [0.25, 0.3) is 5.91 Å². The van der Waals surface area contributed by atoms with Crippen molar-refractivity contribution in [3.63, 3.8) is 0 Å². The summed E-state index contributed by atoms with van der Waals surface area (Å²) in [6, 6.07) is 4.79. The molecule has 1 rings (SSSR count). The minimum atomic E-state index is -0.334. The molecule has 0 radical (unpaired) electrons. The molecule has 0 aliphatic heterocycles. The Morgan fingerprint density at radius 1 is 1.25 bits per heavy atom. The number of nitrogens with zero attached hydrogens (tertiary/aromatic N) is 1. The number of carbonyl (C=O) groups is 2. The molecule has 0 heterocycles. The monoisotopic (exact) mass is 280 g/mol. The average molecular weight is 280 g/mol. The van der Waals surface area contributed by atoms with Gasteiger partial charge in [-0.3, -0.25) is 4.79 Å². The van der Waals surface area contributed by atoms with Crippen molar-refractivity contribution >= 4 is 17.6 Å². The number of benzene rings is 1. The van der Waals surface area contributed by atoms with Gasteiger partial charge >= 0.3 is 6.03 Å². The summed E-state index contributed by atoms with van der Waals surface area (Å²) in [5.74, 6) is 0.0823. The van der Waals surface area contributed by atoms with Crippen molar-refractivity contribution < 1.29 is 14.3 Å². The second kappa shape index (κ2) is 7.22. The number of hydrogen-bond acceptors (Lipinski definition) is 4. The molecule has 0 aromatic heterocycles. The van der Waals surface area contributed by atoms with Crippen LogP contribution < -0.4 is 21.1 Å². The fraction of sp³-hybridized carbons (Fsp3) is 0.385. The van der Waals surface area contributed by atoms with Crippen LogP contribution in [-0.4, -0.2) is 51.1 Å². The highest BCUT2D eigenvalue weighted by Crippen LogP contribution is 2.23. The Morgan fingerprint density at radius 2 is 1.90 bits per heavy atom. The number of nitrogens with two attached hydrogens (primary N) is 1. The first-order chi connectivity index (χ1) is 9.47. The van der Waals surface area contributed by atoms with E-state index in [1.807, 2.05) is 0 Å². The van der Waals surface area contributed by atoms with Crippen molar-refractivity contribution in [1.82, 2.24) is 15.5 Å². The molecule has 0 saturated heterocycles. The van der Waals surface area contributed by atoms with E-state index in [0.717, 1.165) is 0 Å². The Morgan fingerprint density at radius 3 is 2.50 bits per heavy atom. The van der Waals surface area contributed by atoms with Gasteiger partial charge in [0.2, 0.25) is 0 Å². The zero-order valence-electron chi connectivity index (χ0n) is 11.9. The van der Waals surface area contributed by atoms with E-state index < -0.39 is 0 Å². The van der Waals surface area contributed by atoms with Gasteiger partial charge in [-0.05, 0) is 12.1 Å². The molecule has 3 amide bonds. The number of carbonyl (C=O) groups excluding carboxylic acids is 2. The first-order valence-electron chi connectivity index (χ1n) is 6.13. The Labute approximate surface area is 118 Å². The molecule has 0 saturated carbocycles. The van der Waals surface area contributed by atoms with Crippen LogP contribution in [-0.2, 0) is 0 Å². The molecule has 4 N–H and O–H groups in total. The largest absolute Gasteiger partial charge is 0.496 e. The Hall–Kier alpha value is -2.44. The van der Waals surface area contributed by atoms with E-state index in [1.165, 1.54) is 12.0 Å². The number of anilines is 1. The summed E-state index contributed by atoms with van der Waals surface area (Å²) in [4.78, 5) is 24.7. The lowest BCUT2D eigenvalue weighted by Gasteiger charge is -2.13. The lowest BCUT2D eigenvalue weighted by Crippen LogP contribution is -2.39. The quantitative estimate of drug-likeness (QED) is 0.533. The molecule has 0 bridgehead atoms. The summed E-state index contributed by atoms with van der Waals surface area (Å²) in [6.45, 7) is 0.633. The molecule has 1 aromatic carbocycles. The maximum absolute atomic E-state index is 12.0. The Kier molecular flexibility index (Phi) is 5.64. The molecular weight excluding hydrogens is 260 g/mol. The van der Waals surface area contributed by atoms with Gasteiger partial charge in [-0.2, -0.15) is 0 Å². The van der Waals surface area contributed by atoms with Crippen molar-refractivity contribution in [2.45, 2.75) is 0 Å². The molecule has 0 fully saturated rings. The summed E-state index contributed by atoms with van der Waals surface area (Å²) >= 11 is 0. The van der Waals surface area contributed by atoms with E-state index in [9.17, 15) is 9.59 Å². The first-order valence-corrected chi connectivity index (χ1v) is 6.13. The second-order valence-electron chi connectivity index (χ2n) is 4.31. The van der Waals surface area contributed by atoms with Crippen molar-refractivity contribution in [3.05, 3.63) is 23.8 Å². The van der Waals surface area contributed by atoms with Crippen LogP contribution in [0.4, 0.5) is 10.5 Å². The van der Waals surface area contributed by atoms with E-state index in [2.05, 4.69) is 10.6 Å². The van der Waals surface area contributed by atoms with Crippen LogP contribution >= 0.6 is 0 Å². The molecule has 7 nitrogen and oxygen atoms in total. The number of methoxy groups -OCH3 is 1. The molecule has 0 aliphatic rings. The summed E-state index contributed by atoms with van der Waals surface area (Å²) in [5.41, 5.74) is 6.42. The topological polar surface area (TPSA) is 96.7 Å². The molecule has 0 atom stereocenters. The molecule has 0 unspecified atom stereocenters. The van der Waals surface area contributed by atoms with Gasteiger partial charge in [0.15, 0.2) is 0 Å². The Bertz CT molecular complexity index is 489. The van der Waals surface area contributed by atoms with E-state index in [1.54, 1.807) is 32.3 Å². The van der Waals surface area contributed by atoms with E-state index >= 15 is 0 Å². The minimum absolute atomic E-state index is 0.212. The van der Waals surface area contributed by atoms with Crippen LogP contribution in [0.15, 0.2) is 18.2 Å². The van der Waals surface area contributed by atoms with E-state index in [4.69, 9.17) is 10.5 Å². The molecule has 1 aromatic rings. The number of nitrogens with one attached hydrogen (secondary N) is 2. The van der Waals surface area contributed by atoms with Crippen molar-refractivity contribution in [2.75, 3.05) is 40.0 Å². The molecule has 7 heteroatoms. The number of urea groups is 1. The van der Waals surface area contributed by atoms with Gasteiger partial charge < -0.3 is 26.0 Å². The van der Waals surface area contributed by atoms with Gasteiger partial charge in [0.1, 0.15) is 11.3 Å². The highest BCUT2D eigenvalue weighted by molar-refractivity contribution is 6.01. The first kappa shape index (κ1) is 15.6. The van der Waals surface area contributed by atoms with Gasteiger partial charge in [0, 0.05) is 32.9 Å². The summed E-state index contributed by atoms with van der Waals surface area (Å²) in [6.07, 6.45) is 0. The van der Waals surface area contributed by atoms with Crippen LogP contribution in [0.25, 0.3) is 0 Å². The van der Waals surface area contributed by atoms with Gasteiger partial charge in [-0.25, -0.2) is 4.79 Å². The molecule has 0 spiro atoms. The zero-order valence-corrected chi connectivity index (χ0v) is 11.9. The lowest BCUT2D eigenvalue weighted by molar-refractivity contribution is 0.0951. The van der Waals surface area contributed by atoms with E-state index in [-0.39, 0.29) is 11.9 Å². The van der Waals surface area contributed by atoms with Crippen LogP contribution in [0.5, 0.6) is 5.75 Å². The third kappa shape index (κ3) is 4.04. The Balaban J connectivity index is 2.54. The number of hydrogen-bond donors (Lipinski definition) is 3. The number of ether oxygens (including phenoxy) is 1. The SMILES string of the molecule is COc1cccc(N)c1C(=O)NCCNC(=O)N(C)C. The number of amides is 3. The molecule has 110 valence electrons. The summed E-state index contributed by atoms with van der Waals surface area (Å²) in [7, 11) is 4.76. The maximum atomic E-state index is 12.0. The lowest BCUT2D eigenvalue weighted by atomic mass is 10.1. The predicted molar refractivity (Wildman–Crippen MR) is 76.8 cm³/mol. The third-order valence-corrected chi connectivity index (χ3v) is 2.60. The molecular formula is C13H20N4O3. The molecule has 0 aliphatic carbocycles.